The highest BCUT2D eigenvalue weighted by molar-refractivity contribution is 6.04. The van der Waals surface area contributed by atoms with Gasteiger partial charge >= 0.3 is 0 Å². The predicted molar refractivity (Wildman–Crippen MR) is 102 cm³/mol. The van der Waals surface area contributed by atoms with Crippen LogP contribution in [0.2, 0.25) is 0 Å². The number of nitrogens with one attached hydrogen (secondary N) is 2. The number of hydrogen-bond donors (Lipinski definition) is 2. The molecule has 1 aliphatic rings. The SMILES string of the molecule is Cc1cc(C(=O)Nc2cccc(-c3n[nH]c4c3COCC4)c2)cc(=O)n1C. The van der Waals surface area contributed by atoms with Crippen molar-refractivity contribution in [3.63, 3.8) is 0 Å². The first kappa shape index (κ1) is 17.2. The largest absolute Gasteiger partial charge is 0.376 e. The number of anilines is 1. The van der Waals surface area contributed by atoms with E-state index in [4.69, 9.17) is 4.74 Å². The Balaban J connectivity index is 1.61. The van der Waals surface area contributed by atoms with E-state index in [0.717, 1.165) is 34.6 Å². The van der Waals surface area contributed by atoms with Gasteiger partial charge in [-0.1, -0.05) is 12.1 Å². The summed E-state index contributed by atoms with van der Waals surface area (Å²) in [6, 6.07) is 10.5. The van der Waals surface area contributed by atoms with Crippen molar-refractivity contribution < 1.29 is 9.53 Å². The number of aromatic amines is 1. The van der Waals surface area contributed by atoms with E-state index < -0.39 is 0 Å². The molecule has 1 aliphatic heterocycles. The van der Waals surface area contributed by atoms with Crippen molar-refractivity contribution in [2.24, 2.45) is 7.05 Å². The van der Waals surface area contributed by atoms with Crippen molar-refractivity contribution in [3.8, 4) is 11.3 Å². The third-order valence-electron chi connectivity index (χ3n) is 4.85. The van der Waals surface area contributed by atoms with Gasteiger partial charge in [0.1, 0.15) is 0 Å². The zero-order chi connectivity index (χ0) is 19.0. The first-order valence-electron chi connectivity index (χ1n) is 8.76. The molecule has 0 bridgehead atoms. The first-order valence-corrected chi connectivity index (χ1v) is 8.76. The smallest absolute Gasteiger partial charge is 0.255 e. The zero-order valence-corrected chi connectivity index (χ0v) is 15.2. The molecule has 4 rings (SSSR count). The van der Waals surface area contributed by atoms with Gasteiger partial charge < -0.3 is 14.6 Å². The van der Waals surface area contributed by atoms with Gasteiger partial charge in [0.2, 0.25) is 0 Å². The Morgan fingerprint density at radius 2 is 2.15 bits per heavy atom. The van der Waals surface area contributed by atoms with Crippen LogP contribution in [-0.2, 0) is 24.8 Å². The van der Waals surface area contributed by atoms with Gasteiger partial charge in [-0.2, -0.15) is 5.10 Å². The Bertz CT molecular complexity index is 1080. The van der Waals surface area contributed by atoms with Crippen molar-refractivity contribution in [3.05, 3.63) is 69.3 Å². The molecule has 0 atom stereocenters. The van der Waals surface area contributed by atoms with E-state index >= 15 is 0 Å². The maximum atomic E-state index is 12.6. The maximum Gasteiger partial charge on any atom is 0.255 e. The minimum atomic E-state index is -0.319. The summed E-state index contributed by atoms with van der Waals surface area (Å²) >= 11 is 0. The molecule has 138 valence electrons. The van der Waals surface area contributed by atoms with Gasteiger partial charge in [-0.05, 0) is 25.1 Å². The Labute approximate surface area is 156 Å². The van der Waals surface area contributed by atoms with Crippen LogP contribution < -0.4 is 10.9 Å². The minimum Gasteiger partial charge on any atom is -0.376 e. The molecule has 2 N–H and O–H groups in total. The van der Waals surface area contributed by atoms with Crippen LogP contribution >= 0.6 is 0 Å². The zero-order valence-electron chi connectivity index (χ0n) is 15.2. The number of ether oxygens (including phenoxy) is 1. The fraction of sp³-hybridized carbons (Fsp3) is 0.250. The lowest BCUT2D eigenvalue weighted by Crippen LogP contribution is -2.22. The Hall–Kier alpha value is -3.19. The Morgan fingerprint density at radius 1 is 1.30 bits per heavy atom. The molecule has 7 heteroatoms. The highest BCUT2D eigenvalue weighted by Crippen LogP contribution is 2.29. The van der Waals surface area contributed by atoms with E-state index in [2.05, 4.69) is 15.5 Å². The van der Waals surface area contributed by atoms with Crippen molar-refractivity contribution in [1.29, 1.82) is 0 Å². The van der Waals surface area contributed by atoms with Crippen LogP contribution in [0.15, 0.2) is 41.2 Å². The van der Waals surface area contributed by atoms with E-state index in [-0.39, 0.29) is 11.5 Å². The number of rotatable bonds is 3. The summed E-state index contributed by atoms with van der Waals surface area (Å²) in [7, 11) is 1.68. The molecule has 0 radical (unpaired) electrons. The molecular formula is C20H20N4O3. The quantitative estimate of drug-likeness (QED) is 0.747. The molecule has 2 aromatic heterocycles. The van der Waals surface area contributed by atoms with Crippen LogP contribution in [0.25, 0.3) is 11.3 Å². The highest BCUT2D eigenvalue weighted by atomic mass is 16.5. The molecule has 27 heavy (non-hydrogen) atoms. The molecule has 0 spiro atoms. The fourth-order valence-electron chi connectivity index (χ4n) is 3.20. The third-order valence-corrected chi connectivity index (χ3v) is 4.85. The van der Waals surface area contributed by atoms with Crippen molar-refractivity contribution in [2.45, 2.75) is 20.0 Å². The second kappa shape index (κ2) is 6.85. The fourth-order valence-corrected chi connectivity index (χ4v) is 3.20. The van der Waals surface area contributed by atoms with E-state index in [9.17, 15) is 9.59 Å². The number of aromatic nitrogens is 3. The molecule has 0 fully saturated rings. The number of nitrogens with zero attached hydrogens (tertiary/aromatic N) is 2. The van der Waals surface area contributed by atoms with Gasteiger partial charge in [-0.25, -0.2) is 0 Å². The number of H-pyrrole nitrogens is 1. The van der Waals surface area contributed by atoms with Gasteiger partial charge in [-0.15, -0.1) is 0 Å². The van der Waals surface area contributed by atoms with Crippen LogP contribution in [0.1, 0.15) is 27.3 Å². The van der Waals surface area contributed by atoms with Gasteiger partial charge in [0.15, 0.2) is 0 Å². The number of pyridine rings is 1. The molecule has 1 amide bonds. The lowest BCUT2D eigenvalue weighted by atomic mass is 10.0. The molecule has 0 saturated carbocycles. The lowest BCUT2D eigenvalue weighted by Gasteiger charge is -2.13. The van der Waals surface area contributed by atoms with Crippen molar-refractivity contribution in [2.75, 3.05) is 11.9 Å². The van der Waals surface area contributed by atoms with E-state index in [1.54, 1.807) is 20.0 Å². The van der Waals surface area contributed by atoms with Crippen LogP contribution in [0.5, 0.6) is 0 Å². The lowest BCUT2D eigenvalue weighted by molar-refractivity contribution is 0.102. The average Bonchev–Trinajstić information content (AvgIpc) is 3.10. The van der Waals surface area contributed by atoms with Crippen LogP contribution in [0.4, 0.5) is 5.69 Å². The van der Waals surface area contributed by atoms with Gasteiger partial charge in [-0.3, -0.25) is 14.7 Å². The van der Waals surface area contributed by atoms with E-state index in [0.29, 0.717) is 24.5 Å². The molecule has 0 aliphatic carbocycles. The normalized spacial score (nSPS) is 13.3. The topological polar surface area (TPSA) is 89.0 Å². The number of aryl methyl sites for hydroxylation is 1. The molecule has 3 heterocycles. The van der Waals surface area contributed by atoms with Gasteiger partial charge in [0.05, 0.1) is 18.9 Å². The second-order valence-corrected chi connectivity index (χ2v) is 6.65. The molecule has 0 unspecified atom stereocenters. The number of hydrogen-bond acceptors (Lipinski definition) is 4. The number of amides is 1. The maximum absolute atomic E-state index is 12.6. The molecule has 0 saturated heterocycles. The van der Waals surface area contributed by atoms with Crippen LogP contribution in [0.3, 0.4) is 0 Å². The number of carbonyl (C=O) groups is 1. The van der Waals surface area contributed by atoms with E-state index in [1.165, 1.54) is 10.6 Å². The first-order chi connectivity index (χ1) is 13.0. The highest BCUT2D eigenvalue weighted by Gasteiger charge is 2.19. The van der Waals surface area contributed by atoms with Crippen molar-refractivity contribution in [1.82, 2.24) is 14.8 Å². The molecule has 1 aromatic carbocycles. The summed E-state index contributed by atoms with van der Waals surface area (Å²) < 4.78 is 7.04. The summed E-state index contributed by atoms with van der Waals surface area (Å²) in [6.45, 7) is 3.02. The van der Waals surface area contributed by atoms with Gasteiger partial charge in [0.25, 0.3) is 11.5 Å². The number of carbonyl (C=O) groups excluding carboxylic acids is 1. The number of fused-ring (bicyclic) bond motifs is 1. The minimum absolute atomic E-state index is 0.211. The Kier molecular flexibility index (Phi) is 4.37. The predicted octanol–water partition coefficient (Wildman–Crippen LogP) is 2.41. The Morgan fingerprint density at radius 3 is 2.96 bits per heavy atom. The molecule has 7 nitrogen and oxygen atoms in total. The molecular weight excluding hydrogens is 344 g/mol. The third kappa shape index (κ3) is 3.29. The summed E-state index contributed by atoms with van der Waals surface area (Å²) in [5.74, 6) is -0.319. The van der Waals surface area contributed by atoms with E-state index in [1.807, 2.05) is 24.3 Å². The summed E-state index contributed by atoms with van der Waals surface area (Å²) in [4.78, 5) is 24.5. The monoisotopic (exact) mass is 364 g/mol. The second-order valence-electron chi connectivity index (χ2n) is 6.65. The van der Waals surface area contributed by atoms with Crippen molar-refractivity contribution >= 4 is 11.6 Å². The van der Waals surface area contributed by atoms with Crippen LogP contribution in [0, 0.1) is 6.92 Å². The van der Waals surface area contributed by atoms with Gasteiger partial charge in [0, 0.05) is 53.3 Å². The number of benzene rings is 1. The summed E-state index contributed by atoms with van der Waals surface area (Å²) in [5.41, 5.74) is 5.40. The average molecular weight is 364 g/mol. The summed E-state index contributed by atoms with van der Waals surface area (Å²) in [6.07, 6.45) is 0.821. The molecule has 3 aromatic rings. The standard InChI is InChI=1S/C20H20N4O3/c1-12-8-14(10-18(25)24(12)2)20(26)21-15-5-3-4-13(9-15)19-16-11-27-7-6-17(16)22-23-19/h3-5,8-10H,6-7,11H2,1-2H3,(H,21,26)(H,22,23). The van der Waals surface area contributed by atoms with Crippen LogP contribution in [-0.4, -0.2) is 27.3 Å². The summed E-state index contributed by atoms with van der Waals surface area (Å²) in [5, 5.41) is 10.3.